The van der Waals surface area contributed by atoms with E-state index in [2.05, 4.69) is 44.0 Å². The van der Waals surface area contributed by atoms with E-state index in [1.807, 2.05) is 0 Å². The smallest absolute Gasteiger partial charge is 0.306 e. The molecule has 98 valence electrons. The Morgan fingerprint density at radius 2 is 2.17 bits per heavy atom. The van der Waals surface area contributed by atoms with Crippen LogP contribution in [0.15, 0.2) is 18.2 Å². The Morgan fingerprint density at radius 1 is 1.44 bits per heavy atom. The van der Waals surface area contributed by atoms with Gasteiger partial charge in [0.15, 0.2) is 0 Å². The number of benzene rings is 1. The summed E-state index contributed by atoms with van der Waals surface area (Å²) in [6, 6.07) is 6.50. The van der Waals surface area contributed by atoms with Gasteiger partial charge in [0.1, 0.15) is 0 Å². The van der Waals surface area contributed by atoms with Crippen LogP contribution in [0.1, 0.15) is 23.1 Å². The van der Waals surface area contributed by atoms with Crippen molar-refractivity contribution in [2.24, 2.45) is 11.8 Å². The number of hydrogen-bond donors (Lipinski definition) is 1. The molecule has 1 aliphatic rings. The monoisotopic (exact) mass is 247 g/mol. The minimum absolute atomic E-state index is 0.105. The lowest BCUT2D eigenvalue weighted by Crippen LogP contribution is -2.22. The molecule has 0 amide bonds. The summed E-state index contributed by atoms with van der Waals surface area (Å²) in [5.41, 5.74) is 3.93. The van der Waals surface area contributed by atoms with Gasteiger partial charge < -0.3 is 10.0 Å². The average molecular weight is 247 g/mol. The molecule has 0 saturated heterocycles. The zero-order chi connectivity index (χ0) is 13.3. The van der Waals surface area contributed by atoms with Gasteiger partial charge in [-0.25, -0.2) is 0 Å². The van der Waals surface area contributed by atoms with Crippen molar-refractivity contribution in [3.05, 3.63) is 34.9 Å². The molecule has 18 heavy (non-hydrogen) atoms. The maximum absolute atomic E-state index is 10.8. The highest BCUT2D eigenvalue weighted by molar-refractivity contribution is 5.73. The molecular formula is C15H21NO2. The van der Waals surface area contributed by atoms with E-state index in [4.69, 9.17) is 5.11 Å². The second kappa shape index (κ2) is 5.11. The van der Waals surface area contributed by atoms with Crippen molar-refractivity contribution in [3.63, 3.8) is 0 Å². The van der Waals surface area contributed by atoms with E-state index in [1.54, 1.807) is 0 Å². The topological polar surface area (TPSA) is 40.5 Å². The average Bonchev–Trinajstić information content (AvgIpc) is 3.01. The number of aryl methyl sites for hydroxylation is 2. The van der Waals surface area contributed by atoms with Gasteiger partial charge in [-0.05, 0) is 44.4 Å². The third-order valence-corrected chi connectivity index (χ3v) is 3.72. The molecule has 0 aliphatic heterocycles. The van der Waals surface area contributed by atoms with Gasteiger partial charge in [-0.2, -0.15) is 0 Å². The van der Waals surface area contributed by atoms with Gasteiger partial charge in [-0.3, -0.25) is 4.79 Å². The first kappa shape index (κ1) is 13.1. The van der Waals surface area contributed by atoms with Gasteiger partial charge >= 0.3 is 5.97 Å². The Balaban J connectivity index is 1.88. The fourth-order valence-corrected chi connectivity index (χ4v) is 2.53. The lowest BCUT2D eigenvalue weighted by Gasteiger charge is -2.18. The lowest BCUT2D eigenvalue weighted by atomic mass is 10.1. The summed E-state index contributed by atoms with van der Waals surface area (Å²) >= 11 is 0. The SMILES string of the molecule is Cc1ccc(CN(C)CC2CC2C(=O)O)c(C)c1. The standard InChI is InChI=1S/C15H21NO2/c1-10-4-5-12(11(2)6-10)8-16(3)9-13-7-14(13)15(17)18/h4-6,13-14H,7-9H2,1-3H3,(H,17,18). The molecular weight excluding hydrogens is 226 g/mol. The molecule has 0 aromatic heterocycles. The van der Waals surface area contributed by atoms with Crippen molar-refractivity contribution in [2.45, 2.75) is 26.8 Å². The number of nitrogens with zero attached hydrogens (tertiary/aromatic N) is 1. The highest BCUT2D eigenvalue weighted by Crippen LogP contribution is 2.39. The molecule has 1 aromatic rings. The van der Waals surface area contributed by atoms with Crippen molar-refractivity contribution >= 4 is 5.97 Å². The van der Waals surface area contributed by atoms with E-state index in [1.165, 1.54) is 16.7 Å². The molecule has 2 unspecified atom stereocenters. The highest BCUT2D eigenvalue weighted by Gasteiger charge is 2.43. The van der Waals surface area contributed by atoms with Crippen LogP contribution in [0.25, 0.3) is 0 Å². The predicted molar refractivity (Wildman–Crippen MR) is 71.5 cm³/mol. The van der Waals surface area contributed by atoms with Crippen molar-refractivity contribution < 1.29 is 9.90 Å². The van der Waals surface area contributed by atoms with Gasteiger partial charge in [0.2, 0.25) is 0 Å². The Hall–Kier alpha value is -1.35. The summed E-state index contributed by atoms with van der Waals surface area (Å²) < 4.78 is 0. The van der Waals surface area contributed by atoms with Crippen LogP contribution in [-0.4, -0.2) is 29.6 Å². The fourth-order valence-electron chi connectivity index (χ4n) is 2.53. The number of rotatable bonds is 5. The van der Waals surface area contributed by atoms with E-state index in [0.29, 0.717) is 5.92 Å². The van der Waals surface area contributed by atoms with E-state index >= 15 is 0 Å². The van der Waals surface area contributed by atoms with Gasteiger partial charge in [0.05, 0.1) is 5.92 Å². The van der Waals surface area contributed by atoms with Gasteiger partial charge in [0, 0.05) is 13.1 Å². The van der Waals surface area contributed by atoms with Gasteiger partial charge in [-0.1, -0.05) is 23.8 Å². The molecule has 2 atom stereocenters. The summed E-state index contributed by atoms with van der Waals surface area (Å²) in [5, 5.41) is 8.88. The normalized spacial score (nSPS) is 22.2. The second-order valence-electron chi connectivity index (χ2n) is 5.57. The second-order valence-corrected chi connectivity index (χ2v) is 5.57. The largest absolute Gasteiger partial charge is 0.481 e. The molecule has 0 heterocycles. The van der Waals surface area contributed by atoms with Crippen LogP contribution >= 0.6 is 0 Å². The quantitative estimate of drug-likeness (QED) is 0.869. The summed E-state index contributed by atoms with van der Waals surface area (Å²) in [5.74, 6) is -0.398. The lowest BCUT2D eigenvalue weighted by molar-refractivity contribution is -0.138. The number of aliphatic carboxylic acids is 1. The van der Waals surface area contributed by atoms with E-state index in [0.717, 1.165) is 19.5 Å². The van der Waals surface area contributed by atoms with E-state index in [-0.39, 0.29) is 5.92 Å². The summed E-state index contributed by atoms with van der Waals surface area (Å²) in [6.07, 6.45) is 0.840. The molecule has 1 aliphatic carbocycles. The molecule has 1 saturated carbocycles. The fraction of sp³-hybridized carbons (Fsp3) is 0.533. The van der Waals surface area contributed by atoms with E-state index < -0.39 is 5.97 Å². The van der Waals surface area contributed by atoms with E-state index in [9.17, 15) is 4.79 Å². The molecule has 0 spiro atoms. The first-order valence-electron chi connectivity index (χ1n) is 6.45. The van der Waals surface area contributed by atoms with Crippen molar-refractivity contribution in [1.82, 2.24) is 4.90 Å². The molecule has 1 N–H and O–H groups in total. The summed E-state index contributed by atoms with van der Waals surface area (Å²) in [6.45, 7) is 6.01. The summed E-state index contributed by atoms with van der Waals surface area (Å²) in [7, 11) is 2.07. The van der Waals surface area contributed by atoms with Crippen molar-refractivity contribution in [1.29, 1.82) is 0 Å². The third kappa shape index (κ3) is 3.10. The Kier molecular flexibility index (Phi) is 3.71. The molecule has 1 aromatic carbocycles. The van der Waals surface area contributed by atoms with Crippen LogP contribution in [0.2, 0.25) is 0 Å². The van der Waals surface area contributed by atoms with Crippen LogP contribution in [0.5, 0.6) is 0 Å². The first-order valence-corrected chi connectivity index (χ1v) is 6.45. The Labute approximate surface area is 108 Å². The Morgan fingerprint density at radius 3 is 2.72 bits per heavy atom. The Bertz CT molecular complexity index is 456. The van der Waals surface area contributed by atoms with Gasteiger partial charge in [0.25, 0.3) is 0 Å². The number of carboxylic acids is 1. The van der Waals surface area contributed by atoms with Crippen LogP contribution in [0.4, 0.5) is 0 Å². The molecule has 3 heteroatoms. The number of carboxylic acid groups (broad SMARTS) is 1. The van der Waals surface area contributed by atoms with Gasteiger partial charge in [-0.15, -0.1) is 0 Å². The molecule has 3 nitrogen and oxygen atoms in total. The van der Waals surface area contributed by atoms with Crippen LogP contribution < -0.4 is 0 Å². The van der Waals surface area contributed by atoms with Crippen LogP contribution in [0.3, 0.4) is 0 Å². The first-order chi connectivity index (χ1) is 8.47. The number of carbonyl (C=O) groups is 1. The number of hydrogen-bond acceptors (Lipinski definition) is 2. The zero-order valence-corrected chi connectivity index (χ0v) is 11.3. The van der Waals surface area contributed by atoms with Crippen LogP contribution in [-0.2, 0) is 11.3 Å². The van der Waals surface area contributed by atoms with Crippen molar-refractivity contribution in [3.8, 4) is 0 Å². The predicted octanol–water partition coefficient (Wildman–Crippen LogP) is 2.46. The van der Waals surface area contributed by atoms with Crippen LogP contribution in [0, 0.1) is 25.7 Å². The maximum Gasteiger partial charge on any atom is 0.306 e. The zero-order valence-electron chi connectivity index (χ0n) is 11.3. The third-order valence-electron chi connectivity index (χ3n) is 3.72. The molecule has 0 bridgehead atoms. The minimum Gasteiger partial charge on any atom is -0.481 e. The molecule has 0 radical (unpaired) electrons. The summed E-state index contributed by atoms with van der Waals surface area (Å²) in [4.78, 5) is 13.0. The van der Waals surface area contributed by atoms with Crippen molar-refractivity contribution in [2.75, 3.05) is 13.6 Å². The molecule has 1 fully saturated rings. The minimum atomic E-state index is -0.639. The highest BCUT2D eigenvalue weighted by atomic mass is 16.4. The molecule has 2 rings (SSSR count). The maximum atomic E-state index is 10.8.